The molecule has 0 atom stereocenters. The number of nitrogens with one attached hydrogen (secondary N) is 2. The van der Waals surface area contributed by atoms with Crippen LogP contribution in [0.4, 0.5) is 5.13 Å². The lowest BCUT2D eigenvalue weighted by atomic mass is 10.3. The lowest BCUT2D eigenvalue weighted by Crippen LogP contribution is -2.38. The van der Waals surface area contributed by atoms with Crippen molar-refractivity contribution in [2.75, 3.05) is 44.1 Å². The van der Waals surface area contributed by atoms with Gasteiger partial charge in [-0.1, -0.05) is 18.2 Å². The maximum atomic E-state index is 12.3. The van der Waals surface area contributed by atoms with Crippen LogP contribution in [-0.2, 0) is 26.0 Å². The summed E-state index contributed by atoms with van der Waals surface area (Å²) in [6, 6.07) is 8.10. The van der Waals surface area contributed by atoms with E-state index < -0.39 is 10.0 Å². The van der Waals surface area contributed by atoms with Crippen molar-refractivity contribution in [1.82, 2.24) is 15.2 Å². The van der Waals surface area contributed by atoms with E-state index in [-0.39, 0.29) is 22.4 Å². The zero-order valence-electron chi connectivity index (χ0n) is 15.5. The molecule has 0 spiro atoms. The van der Waals surface area contributed by atoms with Crippen LogP contribution in [-0.4, -0.2) is 63.6 Å². The molecule has 152 valence electrons. The number of carbonyl (C=O) groups is 1. The Kier molecular flexibility index (Phi) is 7.37. The lowest BCUT2D eigenvalue weighted by Gasteiger charge is -2.26. The fourth-order valence-electron chi connectivity index (χ4n) is 2.79. The van der Waals surface area contributed by atoms with Gasteiger partial charge in [0.15, 0.2) is 5.13 Å². The molecule has 0 bridgehead atoms. The highest BCUT2D eigenvalue weighted by molar-refractivity contribution is 7.93. The van der Waals surface area contributed by atoms with Crippen molar-refractivity contribution < 1.29 is 17.9 Å². The quantitative estimate of drug-likeness (QED) is 0.589. The molecule has 1 fully saturated rings. The zero-order chi connectivity index (χ0) is 19.8. The normalized spacial score (nSPS) is 15.3. The number of morpholine rings is 1. The van der Waals surface area contributed by atoms with E-state index in [2.05, 4.69) is 19.9 Å². The number of benzene rings is 1. The molecular weight excluding hydrogens is 400 g/mol. The highest BCUT2D eigenvalue weighted by atomic mass is 32.2. The molecule has 2 heterocycles. The largest absolute Gasteiger partial charge is 0.379 e. The average molecular weight is 425 g/mol. The Balaban J connectivity index is 1.42. The second kappa shape index (κ2) is 9.97. The van der Waals surface area contributed by atoms with Crippen molar-refractivity contribution >= 4 is 32.4 Å². The maximum absolute atomic E-state index is 12.3. The monoisotopic (exact) mass is 424 g/mol. The second-order valence-electron chi connectivity index (χ2n) is 6.40. The van der Waals surface area contributed by atoms with E-state index in [9.17, 15) is 13.2 Å². The van der Waals surface area contributed by atoms with Gasteiger partial charge in [0.2, 0.25) is 5.91 Å². The third-order valence-electron chi connectivity index (χ3n) is 4.25. The van der Waals surface area contributed by atoms with Crippen molar-refractivity contribution in [3.8, 4) is 0 Å². The first-order valence-electron chi connectivity index (χ1n) is 9.12. The number of ether oxygens (including phenoxy) is 1. The summed E-state index contributed by atoms with van der Waals surface area (Å²) in [7, 11) is -3.67. The van der Waals surface area contributed by atoms with Gasteiger partial charge in [0.05, 0.1) is 30.2 Å². The Morgan fingerprint density at radius 3 is 2.71 bits per heavy atom. The predicted molar refractivity (Wildman–Crippen MR) is 108 cm³/mol. The summed E-state index contributed by atoms with van der Waals surface area (Å²) < 4.78 is 32.4. The summed E-state index contributed by atoms with van der Waals surface area (Å²) in [4.78, 5) is 18.8. The molecule has 3 rings (SSSR count). The molecule has 0 unspecified atom stereocenters. The van der Waals surface area contributed by atoms with Gasteiger partial charge < -0.3 is 10.1 Å². The number of aromatic nitrogens is 1. The summed E-state index contributed by atoms with van der Waals surface area (Å²) in [6.07, 6.45) is 1.01. The maximum Gasteiger partial charge on any atom is 0.263 e. The van der Waals surface area contributed by atoms with Gasteiger partial charge in [-0.05, 0) is 25.1 Å². The van der Waals surface area contributed by atoms with Gasteiger partial charge in [-0.15, -0.1) is 11.3 Å². The zero-order valence-corrected chi connectivity index (χ0v) is 17.1. The van der Waals surface area contributed by atoms with Crippen molar-refractivity contribution in [2.24, 2.45) is 0 Å². The third-order valence-corrected chi connectivity index (χ3v) is 6.54. The van der Waals surface area contributed by atoms with Gasteiger partial charge in [0, 0.05) is 25.0 Å². The first-order valence-corrected chi connectivity index (χ1v) is 11.5. The van der Waals surface area contributed by atoms with E-state index in [1.165, 1.54) is 12.1 Å². The molecule has 2 aromatic rings. The molecule has 1 amide bonds. The number of nitrogens with zero attached hydrogens (tertiary/aromatic N) is 2. The SMILES string of the molecule is O=C(Cc1csc(NS(=O)(=O)c2ccccc2)n1)NCCCN1CCOCC1. The average Bonchev–Trinajstić information content (AvgIpc) is 3.12. The fourth-order valence-corrected chi connectivity index (χ4v) is 4.77. The van der Waals surface area contributed by atoms with Crippen LogP contribution in [0, 0.1) is 0 Å². The summed E-state index contributed by atoms with van der Waals surface area (Å²) >= 11 is 1.16. The van der Waals surface area contributed by atoms with Crippen LogP contribution in [0.15, 0.2) is 40.6 Å². The molecule has 28 heavy (non-hydrogen) atoms. The van der Waals surface area contributed by atoms with Gasteiger partial charge in [0.1, 0.15) is 0 Å². The van der Waals surface area contributed by atoms with Crippen LogP contribution < -0.4 is 10.0 Å². The molecule has 0 saturated carbocycles. The van der Waals surface area contributed by atoms with Crippen molar-refractivity contribution in [2.45, 2.75) is 17.7 Å². The lowest BCUT2D eigenvalue weighted by molar-refractivity contribution is -0.120. The van der Waals surface area contributed by atoms with Crippen molar-refractivity contribution in [3.63, 3.8) is 0 Å². The van der Waals surface area contributed by atoms with Gasteiger partial charge in [-0.2, -0.15) is 0 Å². The molecule has 1 aliphatic rings. The highest BCUT2D eigenvalue weighted by Gasteiger charge is 2.16. The first kappa shape index (κ1) is 20.7. The van der Waals surface area contributed by atoms with Crippen LogP contribution in [0.2, 0.25) is 0 Å². The fraction of sp³-hybridized carbons (Fsp3) is 0.444. The minimum absolute atomic E-state index is 0.121. The van der Waals surface area contributed by atoms with Crippen molar-refractivity contribution in [1.29, 1.82) is 0 Å². The van der Waals surface area contributed by atoms with Gasteiger partial charge in [0.25, 0.3) is 10.0 Å². The number of carbonyl (C=O) groups excluding carboxylic acids is 1. The number of anilines is 1. The summed E-state index contributed by atoms with van der Waals surface area (Å²) in [6.45, 7) is 4.96. The van der Waals surface area contributed by atoms with Crippen molar-refractivity contribution in [3.05, 3.63) is 41.4 Å². The molecule has 10 heteroatoms. The molecule has 1 aromatic carbocycles. The summed E-state index contributed by atoms with van der Waals surface area (Å²) in [5, 5.41) is 4.82. The van der Waals surface area contributed by atoms with E-state index >= 15 is 0 Å². The predicted octanol–water partition coefficient (Wildman–Crippen LogP) is 1.32. The molecule has 1 aliphatic heterocycles. The summed E-state index contributed by atoms with van der Waals surface area (Å²) in [5.41, 5.74) is 0.543. The van der Waals surface area contributed by atoms with Crippen LogP contribution >= 0.6 is 11.3 Å². The van der Waals surface area contributed by atoms with Gasteiger partial charge in [-0.25, -0.2) is 13.4 Å². The van der Waals surface area contributed by atoms with E-state index in [0.29, 0.717) is 12.2 Å². The number of rotatable bonds is 9. The molecule has 1 aromatic heterocycles. The highest BCUT2D eigenvalue weighted by Crippen LogP contribution is 2.20. The Hall–Kier alpha value is -2.01. The minimum Gasteiger partial charge on any atom is -0.379 e. The number of amides is 1. The van der Waals surface area contributed by atoms with E-state index in [4.69, 9.17) is 4.74 Å². The van der Waals surface area contributed by atoms with Crippen LogP contribution in [0.1, 0.15) is 12.1 Å². The first-order chi connectivity index (χ1) is 13.5. The molecule has 0 radical (unpaired) electrons. The number of sulfonamides is 1. The number of thiazole rings is 1. The minimum atomic E-state index is -3.67. The Morgan fingerprint density at radius 1 is 1.21 bits per heavy atom. The molecule has 8 nitrogen and oxygen atoms in total. The Labute approximate surface area is 169 Å². The summed E-state index contributed by atoms with van der Waals surface area (Å²) in [5.74, 6) is -0.121. The molecule has 2 N–H and O–H groups in total. The molecule has 1 saturated heterocycles. The number of hydrogen-bond donors (Lipinski definition) is 2. The topological polar surface area (TPSA) is 101 Å². The van der Waals surface area contributed by atoms with Gasteiger partial charge in [-0.3, -0.25) is 14.4 Å². The van der Waals surface area contributed by atoms with Crippen LogP contribution in [0.3, 0.4) is 0 Å². The molecular formula is C18H24N4O4S2. The van der Waals surface area contributed by atoms with Crippen LogP contribution in [0.5, 0.6) is 0 Å². The third kappa shape index (κ3) is 6.26. The Bertz CT molecular complexity index is 865. The van der Waals surface area contributed by atoms with Gasteiger partial charge >= 0.3 is 0 Å². The number of hydrogen-bond acceptors (Lipinski definition) is 7. The standard InChI is InChI=1S/C18H24N4O4S2/c23-17(19-7-4-8-22-9-11-26-12-10-22)13-15-14-27-18(20-15)21-28(24,25)16-5-2-1-3-6-16/h1-3,5-6,14H,4,7-13H2,(H,19,23)(H,20,21). The van der Waals surface area contributed by atoms with Crippen LogP contribution in [0.25, 0.3) is 0 Å². The Morgan fingerprint density at radius 2 is 1.96 bits per heavy atom. The van der Waals surface area contributed by atoms with E-state index in [0.717, 1.165) is 50.6 Å². The smallest absolute Gasteiger partial charge is 0.263 e. The van der Waals surface area contributed by atoms with E-state index in [1.54, 1.807) is 23.6 Å². The van der Waals surface area contributed by atoms with E-state index in [1.807, 2.05) is 0 Å². The molecule has 0 aliphatic carbocycles. The second-order valence-corrected chi connectivity index (χ2v) is 8.94.